The number of hydrogen-bond donors (Lipinski definition) is 4. The highest BCUT2D eigenvalue weighted by molar-refractivity contribution is 7.80. The maximum atomic E-state index is 11.2. The lowest BCUT2D eigenvalue weighted by atomic mass is 10.2. The fraction of sp³-hybridized carbons (Fsp3) is 0.778. The van der Waals surface area contributed by atoms with Crippen molar-refractivity contribution in [2.75, 3.05) is 12.3 Å². The molecule has 0 saturated carbocycles. The molecule has 2 amide bonds. The quantitative estimate of drug-likeness (QED) is 0.390. The number of thiol groups is 1. The minimum Gasteiger partial charge on any atom is -0.481 e. The van der Waals surface area contributed by atoms with Gasteiger partial charge in [-0.1, -0.05) is 0 Å². The summed E-state index contributed by atoms with van der Waals surface area (Å²) in [7, 11) is 0. The van der Waals surface area contributed by atoms with Gasteiger partial charge < -0.3 is 15.7 Å². The number of amides is 2. The van der Waals surface area contributed by atoms with Crippen molar-refractivity contribution in [3.8, 4) is 0 Å². The van der Waals surface area contributed by atoms with E-state index in [-0.39, 0.29) is 18.5 Å². The molecular weight excluding hydrogens is 216 g/mol. The SMILES string of the molecule is CC(CCC(=O)O)NC(=O)NCCCS. The van der Waals surface area contributed by atoms with Crippen LogP contribution in [-0.2, 0) is 4.79 Å². The molecule has 1 unspecified atom stereocenters. The van der Waals surface area contributed by atoms with E-state index in [9.17, 15) is 9.59 Å². The third-order valence-electron chi connectivity index (χ3n) is 1.79. The van der Waals surface area contributed by atoms with Crippen LogP contribution in [-0.4, -0.2) is 35.4 Å². The molecule has 3 N–H and O–H groups in total. The van der Waals surface area contributed by atoms with E-state index in [1.807, 2.05) is 0 Å². The fourth-order valence-corrected chi connectivity index (χ4v) is 1.13. The van der Waals surface area contributed by atoms with E-state index in [0.717, 1.165) is 12.2 Å². The highest BCUT2D eigenvalue weighted by Crippen LogP contribution is 1.95. The summed E-state index contributed by atoms with van der Waals surface area (Å²) in [6, 6.07) is -0.383. The normalized spacial score (nSPS) is 11.9. The Kier molecular flexibility index (Phi) is 7.89. The summed E-state index contributed by atoms with van der Waals surface area (Å²) in [5, 5.41) is 13.7. The molecule has 0 aromatic carbocycles. The first-order valence-electron chi connectivity index (χ1n) is 4.93. The Hall–Kier alpha value is -0.910. The van der Waals surface area contributed by atoms with Crippen molar-refractivity contribution in [3.63, 3.8) is 0 Å². The van der Waals surface area contributed by atoms with Crippen LogP contribution in [0.4, 0.5) is 4.79 Å². The summed E-state index contributed by atoms with van der Waals surface area (Å²) >= 11 is 4.01. The monoisotopic (exact) mass is 234 g/mol. The van der Waals surface area contributed by atoms with Gasteiger partial charge in [0.2, 0.25) is 0 Å². The van der Waals surface area contributed by atoms with Gasteiger partial charge in [0, 0.05) is 19.0 Å². The van der Waals surface area contributed by atoms with Gasteiger partial charge in [-0.25, -0.2) is 4.79 Å². The van der Waals surface area contributed by atoms with Crippen LogP contribution in [0.1, 0.15) is 26.2 Å². The molecule has 0 spiro atoms. The summed E-state index contributed by atoms with van der Waals surface area (Å²) in [5.74, 6) is -0.117. The molecule has 5 nitrogen and oxygen atoms in total. The standard InChI is InChI=1S/C9H18N2O3S/c1-7(3-4-8(12)13)11-9(14)10-5-2-6-15/h7,15H,2-6H2,1H3,(H,12,13)(H2,10,11,14). The molecular formula is C9H18N2O3S. The predicted molar refractivity (Wildman–Crippen MR) is 61.3 cm³/mol. The molecule has 0 heterocycles. The lowest BCUT2D eigenvalue weighted by Crippen LogP contribution is -2.41. The fourth-order valence-electron chi connectivity index (χ4n) is 0.968. The van der Waals surface area contributed by atoms with E-state index in [2.05, 4.69) is 23.3 Å². The van der Waals surface area contributed by atoms with Crippen molar-refractivity contribution in [3.05, 3.63) is 0 Å². The van der Waals surface area contributed by atoms with Crippen LogP contribution in [0.5, 0.6) is 0 Å². The van der Waals surface area contributed by atoms with E-state index < -0.39 is 5.97 Å². The predicted octanol–water partition coefficient (Wildman–Crippen LogP) is 0.859. The van der Waals surface area contributed by atoms with Crippen molar-refractivity contribution >= 4 is 24.6 Å². The average Bonchev–Trinajstić information content (AvgIpc) is 2.15. The first kappa shape index (κ1) is 14.1. The van der Waals surface area contributed by atoms with Gasteiger partial charge in [-0.3, -0.25) is 4.79 Å². The summed E-state index contributed by atoms with van der Waals surface area (Å²) in [4.78, 5) is 21.4. The number of aliphatic carboxylic acids is 1. The van der Waals surface area contributed by atoms with Gasteiger partial charge in [0.1, 0.15) is 0 Å². The van der Waals surface area contributed by atoms with Crippen molar-refractivity contribution in [1.82, 2.24) is 10.6 Å². The smallest absolute Gasteiger partial charge is 0.314 e. The van der Waals surface area contributed by atoms with Gasteiger partial charge in [-0.2, -0.15) is 12.6 Å². The highest BCUT2D eigenvalue weighted by atomic mass is 32.1. The van der Waals surface area contributed by atoms with Crippen molar-refractivity contribution in [2.45, 2.75) is 32.2 Å². The third-order valence-corrected chi connectivity index (χ3v) is 2.11. The van der Waals surface area contributed by atoms with Crippen molar-refractivity contribution in [1.29, 1.82) is 0 Å². The zero-order chi connectivity index (χ0) is 11.7. The van der Waals surface area contributed by atoms with E-state index >= 15 is 0 Å². The number of urea groups is 1. The van der Waals surface area contributed by atoms with Crippen LogP contribution in [0.25, 0.3) is 0 Å². The number of rotatable bonds is 7. The molecule has 0 aliphatic carbocycles. The average molecular weight is 234 g/mol. The summed E-state index contributed by atoms with van der Waals surface area (Å²) in [6.45, 7) is 2.36. The second-order valence-electron chi connectivity index (χ2n) is 3.31. The summed E-state index contributed by atoms with van der Waals surface area (Å²) in [6.07, 6.45) is 1.33. The second kappa shape index (κ2) is 8.40. The van der Waals surface area contributed by atoms with Gasteiger partial charge in [-0.15, -0.1) is 0 Å². The molecule has 0 aliphatic heterocycles. The number of carboxylic acids is 1. The van der Waals surface area contributed by atoms with Crippen LogP contribution < -0.4 is 10.6 Å². The van der Waals surface area contributed by atoms with Gasteiger partial charge >= 0.3 is 12.0 Å². The number of hydrogen-bond acceptors (Lipinski definition) is 3. The van der Waals surface area contributed by atoms with Crippen LogP contribution in [0.15, 0.2) is 0 Å². The van der Waals surface area contributed by atoms with Gasteiger partial charge in [0.05, 0.1) is 0 Å². The Bertz CT molecular complexity index is 212. The Labute approximate surface area is 95.0 Å². The Morgan fingerprint density at radius 2 is 2.13 bits per heavy atom. The molecule has 0 rings (SSSR count). The van der Waals surface area contributed by atoms with Crippen molar-refractivity contribution in [2.24, 2.45) is 0 Å². The number of carbonyl (C=O) groups excluding carboxylic acids is 1. The number of nitrogens with one attached hydrogen (secondary N) is 2. The molecule has 0 fully saturated rings. The molecule has 0 aromatic heterocycles. The third kappa shape index (κ3) is 9.40. The van der Waals surface area contributed by atoms with E-state index in [1.165, 1.54) is 0 Å². The maximum absolute atomic E-state index is 11.2. The zero-order valence-corrected chi connectivity index (χ0v) is 9.72. The highest BCUT2D eigenvalue weighted by Gasteiger charge is 2.07. The zero-order valence-electron chi connectivity index (χ0n) is 8.82. The lowest BCUT2D eigenvalue weighted by Gasteiger charge is -2.13. The van der Waals surface area contributed by atoms with Gasteiger partial charge in [0.25, 0.3) is 0 Å². The second-order valence-corrected chi connectivity index (χ2v) is 3.76. The summed E-state index contributed by atoms with van der Waals surface area (Å²) < 4.78 is 0. The topological polar surface area (TPSA) is 78.4 Å². The van der Waals surface area contributed by atoms with Gasteiger partial charge in [0.15, 0.2) is 0 Å². The van der Waals surface area contributed by atoms with Crippen LogP contribution in [0.2, 0.25) is 0 Å². The lowest BCUT2D eigenvalue weighted by molar-refractivity contribution is -0.137. The minimum atomic E-state index is -0.848. The first-order valence-corrected chi connectivity index (χ1v) is 5.56. The molecule has 15 heavy (non-hydrogen) atoms. The van der Waals surface area contributed by atoms with E-state index in [1.54, 1.807) is 6.92 Å². The Morgan fingerprint density at radius 1 is 1.47 bits per heavy atom. The van der Waals surface area contributed by atoms with Crippen LogP contribution >= 0.6 is 12.6 Å². The molecule has 0 aliphatic rings. The summed E-state index contributed by atoms with van der Waals surface area (Å²) in [5.41, 5.74) is 0. The van der Waals surface area contributed by atoms with Crippen molar-refractivity contribution < 1.29 is 14.7 Å². The Morgan fingerprint density at radius 3 is 2.67 bits per heavy atom. The molecule has 0 bridgehead atoms. The Balaban J connectivity index is 3.53. The van der Waals surface area contributed by atoms with Crippen LogP contribution in [0, 0.1) is 0 Å². The van der Waals surface area contributed by atoms with E-state index in [0.29, 0.717) is 13.0 Å². The molecule has 0 saturated heterocycles. The first-order chi connectivity index (χ1) is 7.06. The maximum Gasteiger partial charge on any atom is 0.314 e. The number of carbonyl (C=O) groups is 2. The largest absolute Gasteiger partial charge is 0.481 e. The molecule has 6 heteroatoms. The minimum absolute atomic E-state index is 0.0675. The molecule has 88 valence electrons. The number of carboxylic acid groups (broad SMARTS) is 1. The van der Waals surface area contributed by atoms with Crippen LogP contribution in [0.3, 0.4) is 0 Å². The van der Waals surface area contributed by atoms with Gasteiger partial charge in [-0.05, 0) is 25.5 Å². The molecule has 0 radical (unpaired) electrons. The molecule has 0 aromatic rings. The van der Waals surface area contributed by atoms with E-state index in [4.69, 9.17) is 5.11 Å². The molecule has 1 atom stereocenters.